The zero-order valence-electron chi connectivity index (χ0n) is 20.6. The summed E-state index contributed by atoms with van der Waals surface area (Å²) in [5, 5.41) is 4.48. The van der Waals surface area contributed by atoms with E-state index in [0.29, 0.717) is 5.95 Å². The van der Waals surface area contributed by atoms with E-state index in [9.17, 15) is 4.79 Å². The molecular formula is C31H30N4O. The summed E-state index contributed by atoms with van der Waals surface area (Å²) < 4.78 is 1.74. The van der Waals surface area contributed by atoms with Crippen molar-refractivity contribution in [1.82, 2.24) is 9.55 Å². The van der Waals surface area contributed by atoms with Crippen molar-refractivity contribution in [2.24, 2.45) is 5.10 Å². The zero-order chi connectivity index (χ0) is 24.5. The first-order chi connectivity index (χ1) is 17.7. The summed E-state index contributed by atoms with van der Waals surface area (Å²) in [4.78, 5) is 19.7. The minimum absolute atomic E-state index is 0.0168. The van der Waals surface area contributed by atoms with E-state index in [2.05, 4.69) is 28.7 Å². The number of hydrazone groups is 1. The van der Waals surface area contributed by atoms with Crippen LogP contribution in [-0.2, 0) is 11.8 Å². The van der Waals surface area contributed by atoms with Gasteiger partial charge in [-0.05, 0) is 48.9 Å². The number of benzene rings is 3. The fourth-order valence-electron chi connectivity index (χ4n) is 6.02. The van der Waals surface area contributed by atoms with E-state index >= 15 is 0 Å². The number of hydrogen-bond donors (Lipinski definition) is 1. The van der Waals surface area contributed by atoms with E-state index in [1.54, 1.807) is 10.8 Å². The molecule has 0 aliphatic heterocycles. The predicted molar refractivity (Wildman–Crippen MR) is 146 cm³/mol. The van der Waals surface area contributed by atoms with Crippen LogP contribution in [0.15, 0.2) is 88.8 Å². The summed E-state index contributed by atoms with van der Waals surface area (Å²) >= 11 is 0. The Hall–Kier alpha value is -3.99. The molecule has 0 saturated heterocycles. The van der Waals surface area contributed by atoms with E-state index in [4.69, 9.17) is 4.98 Å². The monoisotopic (exact) mass is 474 g/mol. The minimum atomic E-state index is -0.164. The second-order valence-corrected chi connectivity index (χ2v) is 10.0. The first kappa shape index (κ1) is 22.5. The fourth-order valence-corrected chi connectivity index (χ4v) is 6.02. The van der Waals surface area contributed by atoms with Gasteiger partial charge in [0.1, 0.15) is 0 Å². The largest absolute Gasteiger partial charge is 0.268 e. The van der Waals surface area contributed by atoms with Crippen LogP contribution in [0.2, 0.25) is 0 Å². The standard InChI is InChI=1S/C31H30N4O/c1-22-12-6-9-17-26(22)35-29(36)27-28(33-30(35)34-32-21-23-13-4-2-5-14-23)25-16-8-7-15-24(25)20-31(27)18-10-3-11-19-31/h2,4-9,12-17,21H,3,10-11,18-20H2,1H3,(H,33,34). The van der Waals surface area contributed by atoms with Crippen LogP contribution in [0, 0.1) is 6.92 Å². The van der Waals surface area contributed by atoms with Gasteiger partial charge in [-0.2, -0.15) is 5.10 Å². The second-order valence-electron chi connectivity index (χ2n) is 10.0. The van der Waals surface area contributed by atoms with E-state index in [0.717, 1.165) is 65.7 Å². The van der Waals surface area contributed by atoms with Gasteiger partial charge in [0.15, 0.2) is 0 Å². The molecule has 2 aliphatic carbocycles. The first-order valence-electron chi connectivity index (χ1n) is 12.8. The summed E-state index contributed by atoms with van der Waals surface area (Å²) in [7, 11) is 0. The van der Waals surface area contributed by atoms with Gasteiger partial charge in [-0.25, -0.2) is 15.0 Å². The molecule has 0 radical (unpaired) electrons. The summed E-state index contributed by atoms with van der Waals surface area (Å²) in [6, 6.07) is 26.3. The summed E-state index contributed by atoms with van der Waals surface area (Å²) in [6.45, 7) is 2.03. The second kappa shape index (κ2) is 9.23. The van der Waals surface area contributed by atoms with E-state index in [1.165, 1.54) is 12.0 Å². The van der Waals surface area contributed by atoms with Crippen LogP contribution >= 0.6 is 0 Å². The van der Waals surface area contributed by atoms with E-state index in [1.807, 2.05) is 67.6 Å². The van der Waals surface area contributed by atoms with Gasteiger partial charge in [-0.3, -0.25) is 4.79 Å². The zero-order valence-corrected chi connectivity index (χ0v) is 20.6. The number of fused-ring (bicyclic) bond motifs is 4. The van der Waals surface area contributed by atoms with Crippen LogP contribution < -0.4 is 11.0 Å². The molecule has 0 atom stereocenters. The van der Waals surface area contributed by atoms with Crippen LogP contribution in [0.3, 0.4) is 0 Å². The van der Waals surface area contributed by atoms with Crippen molar-refractivity contribution in [1.29, 1.82) is 0 Å². The average molecular weight is 475 g/mol. The minimum Gasteiger partial charge on any atom is -0.268 e. The third-order valence-corrected chi connectivity index (χ3v) is 7.76. The highest BCUT2D eigenvalue weighted by molar-refractivity contribution is 5.80. The molecule has 5 nitrogen and oxygen atoms in total. The maximum Gasteiger partial charge on any atom is 0.263 e. The summed E-state index contributed by atoms with van der Waals surface area (Å²) in [6.07, 6.45) is 8.23. The third-order valence-electron chi connectivity index (χ3n) is 7.76. The molecule has 5 heteroatoms. The Morgan fingerprint density at radius 3 is 2.44 bits per heavy atom. The fraction of sp³-hybridized carbons (Fsp3) is 0.258. The molecule has 6 rings (SSSR count). The molecule has 0 unspecified atom stereocenters. The van der Waals surface area contributed by atoms with Gasteiger partial charge in [0.25, 0.3) is 5.56 Å². The molecular weight excluding hydrogens is 444 g/mol. The summed E-state index contributed by atoms with van der Waals surface area (Å²) in [5.74, 6) is 0.433. The Morgan fingerprint density at radius 1 is 0.917 bits per heavy atom. The SMILES string of the molecule is Cc1ccccc1-n1c(NN=Cc2ccccc2)nc2c(c1=O)C1(CCCCC1)Cc1ccccc1-2. The van der Waals surface area contributed by atoms with Crippen molar-refractivity contribution in [3.63, 3.8) is 0 Å². The predicted octanol–water partition coefficient (Wildman–Crippen LogP) is 6.41. The molecule has 1 heterocycles. The maximum absolute atomic E-state index is 14.5. The normalized spacial score (nSPS) is 16.0. The van der Waals surface area contributed by atoms with E-state index in [-0.39, 0.29) is 11.0 Å². The number of rotatable bonds is 4. The lowest BCUT2D eigenvalue weighted by molar-refractivity contribution is 0.284. The van der Waals surface area contributed by atoms with Crippen LogP contribution in [-0.4, -0.2) is 15.8 Å². The molecule has 0 bridgehead atoms. The van der Waals surface area contributed by atoms with Crippen molar-refractivity contribution in [2.75, 3.05) is 5.43 Å². The number of hydrogen-bond acceptors (Lipinski definition) is 4. The molecule has 36 heavy (non-hydrogen) atoms. The van der Waals surface area contributed by atoms with Gasteiger partial charge in [-0.1, -0.05) is 92.1 Å². The molecule has 3 aromatic carbocycles. The van der Waals surface area contributed by atoms with Gasteiger partial charge in [0, 0.05) is 11.0 Å². The lowest BCUT2D eigenvalue weighted by Gasteiger charge is -2.42. The number of para-hydroxylation sites is 1. The third kappa shape index (κ3) is 3.85. The summed E-state index contributed by atoms with van der Waals surface area (Å²) in [5.41, 5.74) is 9.83. The Labute approximate surface area is 211 Å². The number of aromatic nitrogens is 2. The van der Waals surface area contributed by atoms with Crippen molar-refractivity contribution in [2.45, 2.75) is 50.9 Å². The van der Waals surface area contributed by atoms with Crippen molar-refractivity contribution in [3.05, 3.63) is 111 Å². The molecule has 180 valence electrons. The average Bonchev–Trinajstić information content (AvgIpc) is 2.90. The lowest BCUT2D eigenvalue weighted by atomic mass is 9.62. The van der Waals surface area contributed by atoms with Crippen LogP contribution in [0.1, 0.15) is 54.4 Å². The molecule has 1 spiro atoms. The molecule has 1 saturated carbocycles. The Balaban J connectivity index is 1.59. The quantitative estimate of drug-likeness (QED) is 0.275. The highest BCUT2D eigenvalue weighted by Crippen LogP contribution is 2.48. The van der Waals surface area contributed by atoms with Crippen molar-refractivity contribution >= 4 is 12.2 Å². The number of aryl methyl sites for hydroxylation is 1. The maximum atomic E-state index is 14.5. The molecule has 4 aromatic rings. The molecule has 0 amide bonds. The van der Waals surface area contributed by atoms with Crippen molar-refractivity contribution < 1.29 is 0 Å². The Morgan fingerprint density at radius 2 is 1.64 bits per heavy atom. The smallest absolute Gasteiger partial charge is 0.263 e. The Kier molecular flexibility index (Phi) is 5.76. The molecule has 2 aliphatic rings. The Bertz CT molecular complexity index is 1500. The van der Waals surface area contributed by atoms with Gasteiger partial charge in [0.05, 0.1) is 23.2 Å². The number of anilines is 1. The van der Waals surface area contributed by atoms with Gasteiger partial charge < -0.3 is 0 Å². The van der Waals surface area contributed by atoms with Crippen LogP contribution in [0.4, 0.5) is 5.95 Å². The van der Waals surface area contributed by atoms with Crippen LogP contribution in [0.25, 0.3) is 16.9 Å². The van der Waals surface area contributed by atoms with E-state index < -0.39 is 0 Å². The van der Waals surface area contributed by atoms with Gasteiger partial charge >= 0.3 is 0 Å². The molecule has 1 N–H and O–H groups in total. The van der Waals surface area contributed by atoms with Gasteiger partial charge in [-0.15, -0.1) is 0 Å². The first-order valence-corrected chi connectivity index (χ1v) is 12.8. The topological polar surface area (TPSA) is 59.3 Å². The number of nitrogens with zero attached hydrogens (tertiary/aromatic N) is 3. The molecule has 1 fully saturated rings. The highest BCUT2D eigenvalue weighted by atomic mass is 16.1. The number of nitrogens with one attached hydrogen (secondary N) is 1. The molecule has 1 aromatic heterocycles. The van der Waals surface area contributed by atoms with Gasteiger partial charge in [0.2, 0.25) is 5.95 Å². The highest BCUT2D eigenvalue weighted by Gasteiger charge is 2.43. The van der Waals surface area contributed by atoms with Crippen LogP contribution in [0.5, 0.6) is 0 Å². The lowest BCUT2D eigenvalue weighted by Crippen LogP contribution is -2.43. The van der Waals surface area contributed by atoms with Crippen molar-refractivity contribution in [3.8, 4) is 16.9 Å².